The molecule has 5 rings (SSSR count). The van der Waals surface area contributed by atoms with E-state index in [0.29, 0.717) is 47.1 Å². The second-order valence-corrected chi connectivity index (χ2v) is 8.84. The summed E-state index contributed by atoms with van der Waals surface area (Å²) in [7, 11) is 1.61. The Bertz CT molecular complexity index is 1320. The first-order valence-electron chi connectivity index (χ1n) is 11.1. The van der Waals surface area contributed by atoms with Crippen molar-refractivity contribution < 1.29 is 28.6 Å². The molecule has 4 aromatic rings. The van der Waals surface area contributed by atoms with Crippen molar-refractivity contribution in [2.75, 3.05) is 26.9 Å². The number of ether oxygens (including phenoxy) is 2. The van der Waals surface area contributed by atoms with E-state index in [1.807, 2.05) is 37.3 Å². The standard InChI is InChI=1S/C25H27N3O6/c1-14-7-18(8-17-10-21(33-22(14)17)25(26,12-29)13-30)23-27-24(34-28-23)16-5-6-19(31-2)20(9-16)32-11-15-3-4-15/h5-10,15,29-30H,3-4,11-13,26H2,1-2H3. The average Bonchev–Trinajstić information content (AvgIpc) is 3.36. The summed E-state index contributed by atoms with van der Waals surface area (Å²) in [5.74, 6) is 3.00. The van der Waals surface area contributed by atoms with Crippen LogP contribution in [0.15, 0.2) is 45.3 Å². The molecule has 2 heterocycles. The fraction of sp³-hybridized carbons (Fsp3) is 0.360. The highest BCUT2D eigenvalue weighted by atomic mass is 16.5. The van der Waals surface area contributed by atoms with Crippen LogP contribution >= 0.6 is 0 Å². The molecule has 0 bridgehead atoms. The molecular formula is C25H27N3O6. The maximum Gasteiger partial charge on any atom is 0.258 e. The summed E-state index contributed by atoms with van der Waals surface area (Å²) in [5, 5.41) is 24.1. The van der Waals surface area contributed by atoms with Crippen molar-refractivity contribution in [3.63, 3.8) is 0 Å². The minimum absolute atomic E-state index is 0.304. The summed E-state index contributed by atoms with van der Waals surface area (Å²) in [6.07, 6.45) is 2.40. The van der Waals surface area contributed by atoms with E-state index in [2.05, 4.69) is 10.1 Å². The molecule has 34 heavy (non-hydrogen) atoms. The van der Waals surface area contributed by atoms with Crippen LogP contribution in [0.5, 0.6) is 11.5 Å². The van der Waals surface area contributed by atoms with Crippen LogP contribution in [0, 0.1) is 12.8 Å². The molecule has 1 fully saturated rings. The van der Waals surface area contributed by atoms with E-state index in [9.17, 15) is 10.2 Å². The maximum atomic E-state index is 9.60. The Balaban J connectivity index is 1.46. The predicted molar refractivity (Wildman–Crippen MR) is 124 cm³/mol. The molecule has 0 spiro atoms. The molecule has 9 heteroatoms. The van der Waals surface area contributed by atoms with Crippen molar-refractivity contribution in [3.8, 4) is 34.3 Å². The third kappa shape index (κ3) is 4.13. The second kappa shape index (κ2) is 8.75. The van der Waals surface area contributed by atoms with E-state index in [1.54, 1.807) is 13.2 Å². The Kier molecular flexibility index (Phi) is 5.76. The highest BCUT2D eigenvalue weighted by molar-refractivity contribution is 5.86. The van der Waals surface area contributed by atoms with Crippen LogP contribution in [0.3, 0.4) is 0 Å². The van der Waals surface area contributed by atoms with Gasteiger partial charge in [-0.05, 0) is 67.6 Å². The number of rotatable bonds is 9. The number of benzene rings is 2. The number of hydrogen-bond donors (Lipinski definition) is 3. The van der Waals surface area contributed by atoms with Crippen LogP contribution < -0.4 is 15.2 Å². The van der Waals surface area contributed by atoms with Gasteiger partial charge in [0, 0.05) is 16.5 Å². The van der Waals surface area contributed by atoms with Gasteiger partial charge in [-0.1, -0.05) is 5.16 Å². The lowest BCUT2D eigenvalue weighted by Crippen LogP contribution is -2.43. The van der Waals surface area contributed by atoms with Gasteiger partial charge in [-0.3, -0.25) is 0 Å². The van der Waals surface area contributed by atoms with E-state index in [-0.39, 0.29) is 0 Å². The number of methoxy groups -OCH3 is 1. The summed E-state index contributed by atoms with van der Waals surface area (Å²) in [6, 6.07) is 11.0. The smallest absolute Gasteiger partial charge is 0.258 e. The topological polar surface area (TPSA) is 137 Å². The minimum atomic E-state index is -1.36. The van der Waals surface area contributed by atoms with Crippen LogP contribution in [-0.2, 0) is 5.54 Å². The normalized spacial score (nSPS) is 14.0. The molecule has 1 saturated carbocycles. The molecule has 178 valence electrons. The van der Waals surface area contributed by atoms with Gasteiger partial charge in [0.25, 0.3) is 5.89 Å². The molecule has 9 nitrogen and oxygen atoms in total. The van der Waals surface area contributed by atoms with Crippen molar-refractivity contribution in [3.05, 3.63) is 47.7 Å². The molecule has 0 saturated heterocycles. The Morgan fingerprint density at radius 1 is 1.09 bits per heavy atom. The number of aliphatic hydroxyl groups is 2. The molecule has 2 aromatic heterocycles. The summed E-state index contributed by atoms with van der Waals surface area (Å²) in [5.41, 5.74) is 7.63. The van der Waals surface area contributed by atoms with E-state index in [4.69, 9.17) is 24.1 Å². The number of aryl methyl sites for hydroxylation is 1. The van der Waals surface area contributed by atoms with Crippen molar-refractivity contribution in [1.29, 1.82) is 0 Å². The SMILES string of the molecule is COc1ccc(-c2nc(-c3cc(C)c4oc(C(N)(CO)CO)cc4c3)no2)cc1OCC1CC1. The van der Waals surface area contributed by atoms with Gasteiger partial charge in [0.1, 0.15) is 16.9 Å². The summed E-state index contributed by atoms with van der Waals surface area (Å²) in [4.78, 5) is 4.58. The third-order valence-electron chi connectivity index (χ3n) is 6.12. The largest absolute Gasteiger partial charge is 0.493 e. The first kappa shape index (κ1) is 22.4. The number of furan rings is 1. The van der Waals surface area contributed by atoms with Crippen molar-refractivity contribution in [2.24, 2.45) is 11.7 Å². The fourth-order valence-corrected chi connectivity index (χ4v) is 3.78. The van der Waals surface area contributed by atoms with Crippen molar-refractivity contribution in [2.45, 2.75) is 25.3 Å². The van der Waals surface area contributed by atoms with E-state index in [0.717, 1.165) is 22.1 Å². The Morgan fingerprint density at radius 2 is 1.88 bits per heavy atom. The Hall–Kier alpha value is -3.40. The number of aliphatic hydroxyl groups excluding tert-OH is 2. The monoisotopic (exact) mass is 465 g/mol. The lowest BCUT2D eigenvalue weighted by atomic mass is 9.99. The van der Waals surface area contributed by atoms with Crippen molar-refractivity contribution >= 4 is 11.0 Å². The number of hydrogen-bond acceptors (Lipinski definition) is 9. The molecule has 1 aliphatic carbocycles. The molecule has 0 radical (unpaired) electrons. The number of nitrogens with zero attached hydrogens (tertiary/aromatic N) is 2. The van der Waals surface area contributed by atoms with Gasteiger partial charge in [-0.15, -0.1) is 0 Å². The van der Waals surface area contributed by atoms with Crippen LogP contribution in [-0.4, -0.2) is 47.3 Å². The van der Waals surface area contributed by atoms with Gasteiger partial charge in [0.2, 0.25) is 5.82 Å². The van der Waals surface area contributed by atoms with Gasteiger partial charge >= 0.3 is 0 Å². The number of nitrogens with two attached hydrogens (primary N) is 1. The quantitative estimate of drug-likeness (QED) is 0.340. The Morgan fingerprint density at radius 3 is 2.59 bits per heavy atom. The molecule has 0 aliphatic heterocycles. The lowest BCUT2D eigenvalue weighted by molar-refractivity contribution is 0.105. The first-order valence-corrected chi connectivity index (χ1v) is 11.1. The summed E-state index contributed by atoms with van der Waals surface area (Å²) >= 11 is 0. The predicted octanol–water partition coefficient (Wildman–Crippen LogP) is 3.39. The first-order chi connectivity index (χ1) is 16.4. The van der Waals surface area contributed by atoms with Crippen LogP contribution in [0.2, 0.25) is 0 Å². The number of aromatic nitrogens is 2. The molecule has 4 N–H and O–H groups in total. The average molecular weight is 466 g/mol. The molecule has 1 aliphatic rings. The second-order valence-electron chi connectivity index (χ2n) is 8.84. The molecule has 0 unspecified atom stereocenters. The van der Waals surface area contributed by atoms with Crippen LogP contribution in [0.4, 0.5) is 0 Å². The van der Waals surface area contributed by atoms with Gasteiger partial charge in [-0.2, -0.15) is 4.98 Å². The van der Waals surface area contributed by atoms with Crippen LogP contribution in [0.1, 0.15) is 24.2 Å². The van der Waals surface area contributed by atoms with Gasteiger partial charge < -0.3 is 34.4 Å². The fourth-order valence-electron chi connectivity index (χ4n) is 3.78. The highest BCUT2D eigenvalue weighted by Crippen LogP contribution is 2.36. The van der Waals surface area contributed by atoms with E-state index >= 15 is 0 Å². The van der Waals surface area contributed by atoms with E-state index in [1.165, 1.54) is 12.8 Å². The number of fused-ring (bicyclic) bond motifs is 1. The van der Waals surface area contributed by atoms with Crippen molar-refractivity contribution in [1.82, 2.24) is 10.1 Å². The maximum absolute atomic E-state index is 9.60. The minimum Gasteiger partial charge on any atom is -0.493 e. The third-order valence-corrected chi connectivity index (χ3v) is 6.12. The Labute approximate surface area is 196 Å². The highest BCUT2D eigenvalue weighted by Gasteiger charge is 2.30. The molecular weight excluding hydrogens is 438 g/mol. The lowest BCUT2D eigenvalue weighted by Gasteiger charge is -2.21. The van der Waals surface area contributed by atoms with Crippen LogP contribution in [0.25, 0.3) is 33.8 Å². The van der Waals surface area contributed by atoms with Gasteiger partial charge in [-0.25, -0.2) is 0 Å². The van der Waals surface area contributed by atoms with Gasteiger partial charge in [0.15, 0.2) is 11.5 Å². The molecule has 2 aromatic carbocycles. The zero-order valence-electron chi connectivity index (χ0n) is 19.1. The summed E-state index contributed by atoms with van der Waals surface area (Å²) in [6.45, 7) is 1.66. The molecule has 0 atom stereocenters. The van der Waals surface area contributed by atoms with E-state index < -0.39 is 18.8 Å². The zero-order valence-corrected chi connectivity index (χ0v) is 19.1. The van der Waals surface area contributed by atoms with Gasteiger partial charge in [0.05, 0.1) is 26.9 Å². The molecule has 0 amide bonds. The summed E-state index contributed by atoms with van der Waals surface area (Å²) < 4.78 is 22.8. The zero-order chi connectivity index (χ0) is 23.9.